The first-order chi connectivity index (χ1) is 31.2. The number of anilines is 5. The zero-order valence-electron chi connectivity index (χ0n) is 37.6. The molecule has 0 aliphatic carbocycles. The van der Waals surface area contributed by atoms with Gasteiger partial charge < -0.3 is 29.5 Å². The van der Waals surface area contributed by atoms with E-state index >= 15 is 0 Å². The number of carbonyl (C=O) groups is 4. The van der Waals surface area contributed by atoms with Gasteiger partial charge in [-0.05, 0) is 82.7 Å². The van der Waals surface area contributed by atoms with Gasteiger partial charge >= 0.3 is 6.09 Å². The van der Waals surface area contributed by atoms with Crippen LogP contribution in [0.1, 0.15) is 80.5 Å². The molecule has 1 atom stereocenters. The Bertz CT molecular complexity index is 2710. The molecule has 3 saturated heterocycles. The number of aromatic nitrogens is 5. The van der Waals surface area contributed by atoms with Crippen LogP contribution in [0.4, 0.5) is 33.5 Å². The van der Waals surface area contributed by atoms with Crippen molar-refractivity contribution >= 4 is 63.4 Å². The van der Waals surface area contributed by atoms with E-state index < -0.39 is 17.6 Å². The van der Waals surface area contributed by atoms with Crippen molar-refractivity contribution in [3.63, 3.8) is 0 Å². The first-order valence-electron chi connectivity index (χ1n) is 22.6. The summed E-state index contributed by atoms with van der Waals surface area (Å²) in [6.45, 7) is 12.9. The minimum Gasteiger partial charge on any atom is -0.474 e. The fourth-order valence-corrected chi connectivity index (χ4v) is 10.1. The molecular formula is C48H55N11O6. The van der Waals surface area contributed by atoms with Gasteiger partial charge in [0.25, 0.3) is 0 Å². The van der Waals surface area contributed by atoms with E-state index in [1.54, 1.807) is 4.90 Å². The minimum absolute atomic E-state index is 0.134. The number of nitrogens with zero attached hydrogens (tertiary/aromatic N) is 9. The number of carbonyl (C=O) groups excluding carboxylic acids is 4. The third-order valence-electron chi connectivity index (χ3n) is 13.5. The lowest BCUT2D eigenvalue weighted by Crippen LogP contribution is -2.61. The van der Waals surface area contributed by atoms with E-state index in [0.717, 1.165) is 108 Å². The van der Waals surface area contributed by atoms with Gasteiger partial charge in [0.1, 0.15) is 17.9 Å². The number of hydrogen-bond donors (Lipinski definition) is 2. The molecule has 338 valence electrons. The molecule has 3 aromatic heterocycles. The molecule has 5 aliphatic heterocycles. The van der Waals surface area contributed by atoms with Gasteiger partial charge in [-0.25, -0.2) is 19.7 Å². The maximum Gasteiger partial charge on any atom is 0.415 e. The quantitative estimate of drug-likeness (QED) is 0.190. The molecule has 4 amide bonds. The lowest BCUT2D eigenvalue weighted by Gasteiger charge is -2.55. The van der Waals surface area contributed by atoms with Crippen molar-refractivity contribution in [1.29, 1.82) is 0 Å². The van der Waals surface area contributed by atoms with Gasteiger partial charge in [0.2, 0.25) is 29.5 Å². The molecule has 10 rings (SSSR count). The molecule has 8 heterocycles. The Hall–Kier alpha value is -6.78. The smallest absolute Gasteiger partial charge is 0.415 e. The second-order valence-electron chi connectivity index (χ2n) is 19.2. The standard InChI is InChI=1S/C48H55N11O6/c1-29-37(25-49-44-41(29)59(21-22-64-44)46(63)65-47(2,3)4)57-18-15-31-24-50-45(52-35(31)26-57)51-32-11-9-30(10-12-32)23-39(61)56-19-16-48(17-20-56)27-58(28-48)36-8-6-7-33-40(54-55(5)42(33)36)34-13-14-38(60)53-43(34)62/h6-12,24-25,34H,13-23,26-28H2,1-5H3,(H,50,51,52)(H,53,60,62). The molecule has 17 nitrogen and oxygen atoms in total. The first-order valence-corrected chi connectivity index (χ1v) is 22.6. The number of amides is 4. The van der Waals surface area contributed by atoms with E-state index in [1.807, 2.05) is 93.1 Å². The number of para-hydroxylation sites is 1. The van der Waals surface area contributed by atoms with Gasteiger partial charge in [0.05, 0.1) is 59.9 Å². The number of fused-ring (bicyclic) bond motifs is 3. The third-order valence-corrected chi connectivity index (χ3v) is 13.5. The summed E-state index contributed by atoms with van der Waals surface area (Å²) in [5.41, 5.74) is 8.57. The van der Waals surface area contributed by atoms with Crippen LogP contribution in [0, 0.1) is 12.3 Å². The molecule has 2 aromatic carbocycles. The number of ether oxygens (including phenoxy) is 2. The molecule has 65 heavy (non-hydrogen) atoms. The minimum atomic E-state index is -0.631. The fourth-order valence-electron chi connectivity index (χ4n) is 10.1. The van der Waals surface area contributed by atoms with Crippen LogP contribution in [0.15, 0.2) is 54.9 Å². The zero-order valence-corrected chi connectivity index (χ0v) is 37.6. The number of likely N-dealkylation sites (tertiary alicyclic amines) is 1. The van der Waals surface area contributed by atoms with E-state index in [9.17, 15) is 19.2 Å². The van der Waals surface area contributed by atoms with E-state index in [4.69, 9.17) is 19.6 Å². The number of piperidine rings is 2. The topological polar surface area (TPSA) is 180 Å². The number of aryl methyl sites for hydroxylation is 1. The lowest BCUT2D eigenvalue weighted by atomic mass is 9.71. The average Bonchev–Trinajstić information content (AvgIpc) is 3.61. The van der Waals surface area contributed by atoms with Crippen molar-refractivity contribution in [1.82, 2.24) is 34.9 Å². The van der Waals surface area contributed by atoms with Crippen molar-refractivity contribution < 1.29 is 28.7 Å². The molecule has 3 fully saturated rings. The summed E-state index contributed by atoms with van der Waals surface area (Å²) < 4.78 is 13.4. The summed E-state index contributed by atoms with van der Waals surface area (Å²) in [4.78, 5) is 73.6. The van der Waals surface area contributed by atoms with E-state index in [-0.39, 0.29) is 23.1 Å². The summed E-state index contributed by atoms with van der Waals surface area (Å²) in [6.07, 6.45) is 7.05. The van der Waals surface area contributed by atoms with Crippen molar-refractivity contribution in [3.8, 4) is 5.88 Å². The van der Waals surface area contributed by atoms with Crippen LogP contribution >= 0.6 is 0 Å². The summed E-state index contributed by atoms with van der Waals surface area (Å²) in [6, 6.07) is 14.1. The Kier molecular flexibility index (Phi) is 10.6. The second-order valence-corrected chi connectivity index (χ2v) is 19.2. The Morgan fingerprint density at radius 2 is 1.74 bits per heavy atom. The molecule has 17 heteroatoms. The summed E-state index contributed by atoms with van der Waals surface area (Å²) in [5.74, 6) is 0.102. The molecule has 0 radical (unpaired) electrons. The Morgan fingerprint density at radius 3 is 2.49 bits per heavy atom. The molecular weight excluding hydrogens is 827 g/mol. The van der Waals surface area contributed by atoms with Crippen LogP contribution in [0.25, 0.3) is 10.9 Å². The molecule has 1 unspecified atom stereocenters. The highest BCUT2D eigenvalue weighted by Crippen LogP contribution is 2.46. The van der Waals surface area contributed by atoms with Crippen LogP contribution in [0.3, 0.4) is 0 Å². The summed E-state index contributed by atoms with van der Waals surface area (Å²) in [5, 5.41) is 11.6. The number of hydrogen-bond acceptors (Lipinski definition) is 13. The normalized spacial score (nSPS) is 19.3. The van der Waals surface area contributed by atoms with Gasteiger partial charge in [0, 0.05) is 74.4 Å². The van der Waals surface area contributed by atoms with E-state index in [1.165, 1.54) is 0 Å². The van der Waals surface area contributed by atoms with Crippen LogP contribution < -0.4 is 30.1 Å². The number of rotatable bonds is 7. The monoisotopic (exact) mass is 881 g/mol. The van der Waals surface area contributed by atoms with Crippen molar-refractivity contribution in [2.75, 3.05) is 65.9 Å². The predicted octanol–water partition coefficient (Wildman–Crippen LogP) is 5.70. The van der Waals surface area contributed by atoms with Crippen LogP contribution in [0.5, 0.6) is 5.88 Å². The predicted molar refractivity (Wildman–Crippen MR) is 245 cm³/mol. The largest absolute Gasteiger partial charge is 0.474 e. The second kappa shape index (κ2) is 16.3. The van der Waals surface area contributed by atoms with Crippen molar-refractivity contribution in [3.05, 3.63) is 82.9 Å². The highest BCUT2D eigenvalue weighted by atomic mass is 16.6. The summed E-state index contributed by atoms with van der Waals surface area (Å²) in [7, 11) is 1.92. The highest BCUT2D eigenvalue weighted by Gasteiger charge is 2.46. The number of imide groups is 1. The Balaban J connectivity index is 0.731. The van der Waals surface area contributed by atoms with Gasteiger partial charge in [-0.15, -0.1) is 0 Å². The van der Waals surface area contributed by atoms with Gasteiger partial charge in [-0.3, -0.25) is 29.3 Å². The molecule has 0 saturated carbocycles. The van der Waals surface area contributed by atoms with Gasteiger partial charge in [0.15, 0.2) is 0 Å². The number of pyridine rings is 1. The molecule has 5 aliphatic rings. The highest BCUT2D eigenvalue weighted by molar-refractivity contribution is 6.03. The third kappa shape index (κ3) is 8.16. The molecule has 2 N–H and O–H groups in total. The van der Waals surface area contributed by atoms with Crippen LogP contribution in [-0.2, 0) is 45.6 Å². The Labute approximate surface area is 377 Å². The SMILES string of the molecule is Cc1c(N2CCc3cnc(Nc4ccc(CC(=O)N5CCC6(CC5)CN(c5cccc7c(C8CCC(=O)NC8=O)nn(C)c57)C6)cc4)nc3C2)cnc2c1N(C(=O)OC(C)(C)C)CCO2. The molecule has 5 aromatic rings. The molecule has 1 spiro atoms. The Morgan fingerprint density at radius 1 is 0.954 bits per heavy atom. The van der Waals surface area contributed by atoms with Crippen LogP contribution in [0.2, 0.25) is 0 Å². The van der Waals surface area contributed by atoms with Gasteiger partial charge in [-0.2, -0.15) is 5.10 Å². The lowest BCUT2D eigenvalue weighted by molar-refractivity contribution is -0.135. The van der Waals surface area contributed by atoms with Crippen molar-refractivity contribution in [2.24, 2.45) is 12.5 Å². The number of benzene rings is 2. The zero-order chi connectivity index (χ0) is 45.2. The van der Waals surface area contributed by atoms with Gasteiger partial charge in [-0.1, -0.05) is 24.3 Å². The number of nitrogens with one attached hydrogen (secondary N) is 2. The maximum atomic E-state index is 13.5. The summed E-state index contributed by atoms with van der Waals surface area (Å²) >= 11 is 0. The maximum absolute atomic E-state index is 13.5. The van der Waals surface area contributed by atoms with Crippen molar-refractivity contribution in [2.45, 2.75) is 84.3 Å². The van der Waals surface area contributed by atoms with E-state index in [2.05, 4.69) is 36.5 Å². The van der Waals surface area contributed by atoms with Crippen LogP contribution in [-0.4, -0.2) is 105 Å². The molecule has 0 bridgehead atoms. The van der Waals surface area contributed by atoms with E-state index in [0.29, 0.717) is 56.5 Å². The average molecular weight is 882 g/mol. The fraction of sp³-hybridized carbons (Fsp3) is 0.458. The first kappa shape index (κ1) is 42.2.